The van der Waals surface area contributed by atoms with Gasteiger partial charge in [-0.3, -0.25) is 4.79 Å². The van der Waals surface area contributed by atoms with E-state index in [-0.39, 0.29) is 0 Å². The summed E-state index contributed by atoms with van der Waals surface area (Å²) in [5.74, 6) is 0.238. The zero-order valence-electron chi connectivity index (χ0n) is 10.9. The molecule has 106 valence electrons. The average molecular weight is 312 g/mol. The molecule has 1 atom stereocenters. The number of rotatable bonds is 6. The average Bonchev–Trinajstić information content (AvgIpc) is 2.89. The van der Waals surface area contributed by atoms with Crippen LogP contribution in [0.3, 0.4) is 0 Å². The number of halogens is 1. The number of hydrogen-bond acceptors (Lipinski definition) is 4. The van der Waals surface area contributed by atoms with Crippen molar-refractivity contribution in [2.45, 2.75) is 24.3 Å². The highest BCUT2D eigenvalue weighted by molar-refractivity contribution is 7.99. The normalized spacial score (nSPS) is 12.3. The third-order valence-corrected chi connectivity index (χ3v) is 4.37. The Hall–Kier alpha value is -1.46. The van der Waals surface area contributed by atoms with Crippen LogP contribution >= 0.6 is 23.4 Å². The lowest BCUT2D eigenvalue weighted by Crippen LogP contribution is -2.15. The van der Waals surface area contributed by atoms with Crippen molar-refractivity contribution in [3.8, 4) is 11.5 Å². The van der Waals surface area contributed by atoms with Crippen LogP contribution in [0.1, 0.15) is 19.0 Å². The van der Waals surface area contributed by atoms with E-state index in [9.17, 15) is 4.79 Å². The molecule has 2 aromatic rings. The van der Waals surface area contributed by atoms with Crippen LogP contribution in [0.25, 0.3) is 11.5 Å². The van der Waals surface area contributed by atoms with E-state index in [0.717, 1.165) is 11.3 Å². The van der Waals surface area contributed by atoms with Gasteiger partial charge in [0.25, 0.3) is 0 Å². The Balaban J connectivity index is 2.02. The third kappa shape index (κ3) is 3.77. The fraction of sp³-hybridized carbons (Fsp3) is 0.286. The summed E-state index contributed by atoms with van der Waals surface area (Å²) in [6.45, 7) is 1.85. The quantitative estimate of drug-likeness (QED) is 0.870. The number of hydrogen-bond donors (Lipinski definition) is 1. The van der Waals surface area contributed by atoms with Crippen molar-refractivity contribution in [3.05, 3.63) is 41.2 Å². The van der Waals surface area contributed by atoms with Crippen LogP contribution in [0, 0.1) is 0 Å². The Morgan fingerprint density at radius 3 is 2.75 bits per heavy atom. The van der Waals surface area contributed by atoms with E-state index in [1.54, 1.807) is 18.4 Å². The highest BCUT2D eigenvalue weighted by Gasteiger charge is 2.16. The van der Waals surface area contributed by atoms with Crippen molar-refractivity contribution in [1.29, 1.82) is 0 Å². The second-order valence-corrected chi connectivity index (χ2v) is 5.82. The second kappa shape index (κ2) is 6.81. The molecule has 0 saturated heterocycles. The van der Waals surface area contributed by atoms with Crippen LogP contribution in [-0.2, 0) is 10.5 Å². The summed E-state index contributed by atoms with van der Waals surface area (Å²) in [5, 5.41) is 9.23. The van der Waals surface area contributed by atoms with Gasteiger partial charge in [0, 0.05) is 16.3 Å². The van der Waals surface area contributed by atoms with Gasteiger partial charge in [-0.1, -0.05) is 18.5 Å². The van der Waals surface area contributed by atoms with E-state index in [1.165, 1.54) is 11.8 Å². The lowest BCUT2D eigenvalue weighted by Gasteiger charge is -2.06. The lowest BCUT2D eigenvalue weighted by atomic mass is 10.2. The molecule has 6 heteroatoms. The Morgan fingerprint density at radius 1 is 1.45 bits per heavy atom. The van der Waals surface area contributed by atoms with Gasteiger partial charge in [0.15, 0.2) is 0 Å². The smallest absolute Gasteiger partial charge is 0.316 e. The number of carboxylic acids is 1. The minimum Gasteiger partial charge on any atom is -0.480 e. The number of carboxylic acid groups (broad SMARTS) is 1. The van der Waals surface area contributed by atoms with Crippen molar-refractivity contribution in [2.24, 2.45) is 0 Å². The van der Waals surface area contributed by atoms with Crippen LogP contribution in [0.15, 0.2) is 34.9 Å². The van der Waals surface area contributed by atoms with Crippen LogP contribution < -0.4 is 0 Å². The first-order chi connectivity index (χ1) is 9.60. The monoisotopic (exact) mass is 311 g/mol. The van der Waals surface area contributed by atoms with Gasteiger partial charge in [0.2, 0.25) is 5.89 Å². The van der Waals surface area contributed by atoms with E-state index in [2.05, 4.69) is 4.98 Å². The molecular weight excluding hydrogens is 298 g/mol. The van der Waals surface area contributed by atoms with E-state index in [4.69, 9.17) is 21.1 Å². The van der Waals surface area contributed by atoms with Gasteiger partial charge in [-0.05, 0) is 30.7 Å². The van der Waals surface area contributed by atoms with Gasteiger partial charge < -0.3 is 9.52 Å². The molecule has 0 bridgehead atoms. The number of thioether (sulfide) groups is 1. The van der Waals surface area contributed by atoms with Gasteiger partial charge in [-0.2, -0.15) is 0 Å². The predicted octanol–water partition coefficient (Wildman–Crippen LogP) is 4.09. The highest BCUT2D eigenvalue weighted by Crippen LogP contribution is 2.24. The fourth-order valence-corrected chi connectivity index (χ4v) is 2.66. The Bertz CT molecular complexity index is 582. The molecule has 0 spiro atoms. The summed E-state index contributed by atoms with van der Waals surface area (Å²) in [6.07, 6.45) is 2.15. The SMILES string of the molecule is CCC(SCc1coc(-c2ccc(Cl)cc2)n1)C(=O)O. The minimum atomic E-state index is -0.793. The number of carbonyl (C=O) groups is 1. The predicted molar refractivity (Wildman–Crippen MR) is 80.0 cm³/mol. The van der Waals surface area contributed by atoms with Crippen molar-refractivity contribution >= 4 is 29.3 Å². The zero-order chi connectivity index (χ0) is 14.5. The third-order valence-electron chi connectivity index (χ3n) is 2.72. The van der Waals surface area contributed by atoms with Crippen LogP contribution in [-0.4, -0.2) is 21.3 Å². The molecule has 1 heterocycles. The van der Waals surface area contributed by atoms with Gasteiger partial charge in [0.1, 0.15) is 11.5 Å². The van der Waals surface area contributed by atoms with E-state index in [1.807, 2.05) is 19.1 Å². The summed E-state index contributed by atoms with van der Waals surface area (Å²) in [6, 6.07) is 7.20. The molecule has 0 aliphatic rings. The van der Waals surface area contributed by atoms with Gasteiger partial charge in [0.05, 0.1) is 5.69 Å². The lowest BCUT2D eigenvalue weighted by molar-refractivity contribution is -0.136. The first-order valence-electron chi connectivity index (χ1n) is 6.15. The van der Waals surface area contributed by atoms with Gasteiger partial charge in [-0.25, -0.2) is 4.98 Å². The molecule has 1 aromatic heterocycles. The van der Waals surface area contributed by atoms with Crippen molar-refractivity contribution < 1.29 is 14.3 Å². The van der Waals surface area contributed by atoms with Crippen LogP contribution in [0.5, 0.6) is 0 Å². The molecule has 0 saturated carbocycles. The largest absolute Gasteiger partial charge is 0.480 e. The number of benzene rings is 1. The van der Waals surface area contributed by atoms with Crippen LogP contribution in [0.2, 0.25) is 5.02 Å². The molecule has 1 N–H and O–H groups in total. The van der Waals surface area contributed by atoms with Crippen molar-refractivity contribution in [1.82, 2.24) is 4.98 Å². The molecule has 0 aliphatic heterocycles. The number of aromatic nitrogens is 1. The maximum absolute atomic E-state index is 10.9. The number of oxazole rings is 1. The Labute approximate surface area is 126 Å². The van der Waals surface area contributed by atoms with Gasteiger partial charge >= 0.3 is 5.97 Å². The van der Waals surface area contributed by atoms with Crippen molar-refractivity contribution in [2.75, 3.05) is 0 Å². The molecule has 0 radical (unpaired) electrons. The fourth-order valence-electron chi connectivity index (χ4n) is 1.65. The summed E-state index contributed by atoms with van der Waals surface area (Å²) in [4.78, 5) is 15.3. The molecule has 0 aliphatic carbocycles. The molecule has 4 nitrogen and oxygen atoms in total. The molecule has 0 fully saturated rings. The number of aliphatic carboxylic acids is 1. The maximum atomic E-state index is 10.9. The Kier molecular flexibility index (Phi) is 5.09. The van der Waals surface area contributed by atoms with E-state index in [0.29, 0.717) is 23.1 Å². The summed E-state index contributed by atoms with van der Waals surface area (Å²) >= 11 is 7.18. The standard InChI is InChI=1S/C14H14ClNO3S/c1-2-12(14(17)18)20-8-11-7-19-13(16-11)9-3-5-10(15)6-4-9/h3-7,12H,2,8H2,1H3,(H,17,18). The van der Waals surface area contributed by atoms with Crippen molar-refractivity contribution in [3.63, 3.8) is 0 Å². The summed E-state index contributed by atoms with van der Waals surface area (Å²) < 4.78 is 5.40. The zero-order valence-corrected chi connectivity index (χ0v) is 12.4. The van der Waals surface area contributed by atoms with Gasteiger partial charge in [-0.15, -0.1) is 11.8 Å². The molecule has 2 rings (SSSR count). The Morgan fingerprint density at radius 2 is 2.15 bits per heavy atom. The molecule has 1 unspecified atom stereocenters. The first kappa shape index (κ1) is 14.9. The number of nitrogens with zero attached hydrogens (tertiary/aromatic N) is 1. The van der Waals surface area contributed by atoms with E-state index >= 15 is 0 Å². The minimum absolute atomic E-state index is 0.411. The first-order valence-corrected chi connectivity index (χ1v) is 7.57. The summed E-state index contributed by atoms with van der Waals surface area (Å²) in [5.41, 5.74) is 1.58. The molecular formula is C14H14ClNO3S. The molecule has 0 amide bonds. The van der Waals surface area contributed by atoms with E-state index < -0.39 is 11.2 Å². The van der Waals surface area contributed by atoms with Crippen LogP contribution in [0.4, 0.5) is 0 Å². The second-order valence-electron chi connectivity index (χ2n) is 4.20. The topological polar surface area (TPSA) is 63.3 Å². The maximum Gasteiger partial charge on any atom is 0.316 e. The molecule has 20 heavy (non-hydrogen) atoms. The summed E-state index contributed by atoms with van der Waals surface area (Å²) in [7, 11) is 0. The molecule has 1 aromatic carbocycles. The highest BCUT2D eigenvalue weighted by atomic mass is 35.5.